The number of aryl methyl sites for hydroxylation is 2. The third kappa shape index (κ3) is 4.56. The fourth-order valence-corrected chi connectivity index (χ4v) is 3.69. The second kappa shape index (κ2) is 9.34. The number of carbonyl (C=O) groups excluding carboxylic acids is 1. The Morgan fingerprint density at radius 3 is 2.44 bits per heavy atom. The van der Waals surface area contributed by atoms with E-state index in [1.165, 1.54) is 6.42 Å². The number of fused-ring (bicyclic) bond motifs is 1. The lowest BCUT2D eigenvalue weighted by Gasteiger charge is -2.24. The van der Waals surface area contributed by atoms with Crippen molar-refractivity contribution in [3.05, 3.63) is 47.7 Å². The Hall–Kier alpha value is -3.48. The molecule has 4 rings (SSSR count). The van der Waals surface area contributed by atoms with Gasteiger partial charge in [-0.1, -0.05) is 6.42 Å². The molecular formula is C25H28N2O5. The summed E-state index contributed by atoms with van der Waals surface area (Å²) in [5, 5.41) is 3.66. The number of benzene rings is 2. The van der Waals surface area contributed by atoms with E-state index in [-0.39, 0.29) is 0 Å². The normalized spacial score (nSPS) is 13.4. The molecule has 7 heteroatoms. The number of aromatic nitrogens is 1. The number of hydrogen-bond donors (Lipinski definition) is 1. The van der Waals surface area contributed by atoms with Crippen LogP contribution in [0.2, 0.25) is 0 Å². The lowest BCUT2D eigenvalue weighted by Crippen LogP contribution is -2.23. The van der Waals surface area contributed by atoms with E-state index in [1.54, 1.807) is 20.4 Å². The van der Waals surface area contributed by atoms with Gasteiger partial charge in [-0.05, 0) is 68.0 Å². The molecule has 0 aliphatic heterocycles. The first-order valence-electron chi connectivity index (χ1n) is 10.7. The Kier molecular flexibility index (Phi) is 6.35. The van der Waals surface area contributed by atoms with Crippen molar-refractivity contribution < 1.29 is 23.7 Å². The van der Waals surface area contributed by atoms with Gasteiger partial charge in [0.25, 0.3) is 0 Å². The highest BCUT2D eigenvalue weighted by molar-refractivity contribution is 5.89. The van der Waals surface area contributed by atoms with Crippen molar-refractivity contribution in [1.29, 1.82) is 0 Å². The van der Waals surface area contributed by atoms with Gasteiger partial charge in [0.1, 0.15) is 11.5 Å². The van der Waals surface area contributed by atoms with Crippen LogP contribution in [0.15, 0.2) is 36.5 Å². The van der Waals surface area contributed by atoms with Gasteiger partial charge in [0, 0.05) is 23.3 Å². The minimum Gasteiger partial charge on any atom is -0.493 e. The van der Waals surface area contributed by atoms with Gasteiger partial charge in [-0.25, -0.2) is 4.79 Å². The number of anilines is 1. The van der Waals surface area contributed by atoms with Crippen molar-refractivity contribution in [2.24, 2.45) is 5.92 Å². The van der Waals surface area contributed by atoms with Crippen LogP contribution in [0.5, 0.6) is 23.0 Å². The molecule has 1 saturated carbocycles. The molecule has 1 aromatic heterocycles. The second-order valence-corrected chi connectivity index (χ2v) is 8.09. The predicted molar refractivity (Wildman–Crippen MR) is 123 cm³/mol. The van der Waals surface area contributed by atoms with Crippen molar-refractivity contribution in [1.82, 2.24) is 4.98 Å². The quantitative estimate of drug-likeness (QED) is 0.489. The molecule has 3 aromatic rings. The van der Waals surface area contributed by atoms with Gasteiger partial charge in [0.2, 0.25) is 0 Å². The first-order valence-corrected chi connectivity index (χ1v) is 10.7. The molecule has 2 aromatic carbocycles. The minimum atomic E-state index is -0.422. The lowest BCUT2D eigenvalue weighted by molar-refractivity contribution is 0.115. The van der Waals surface area contributed by atoms with Crippen molar-refractivity contribution in [3.8, 4) is 23.0 Å². The number of hydrogen-bond acceptors (Lipinski definition) is 6. The topological polar surface area (TPSA) is 78.9 Å². The Morgan fingerprint density at radius 1 is 1.00 bits per heavy atom. The van der Waals surface area contributed by atoms with Crippen LogP contribution in [0.25, 0.3) is 10.9 Å². The Morgan fingerprint density at radius 2 is 1.75 bits per heavy atom. The summed E-state index contributed by atoms with van der Waals surface area (Å²) in [5.74, 6) is 3.06. The zero-order valence-corrected chi connectivity index (χ0v) is 18.9. The maximum atomic E-state index is 12.2. The van der Waals surface area contributed by atoms with Crippen molar-refractivity contribution in [3.63, 3.8) is 0 Å². The molecule has 1 aliphatic rings. The molecule has 1 fully saturated rings. The van der Waals surface area contributed by atoms with E-state index in [0.29, 0.717) is 41.2 Å². The molecule has 0 saturated heterocycles. The molecule has 0 atom stereocenters. The minimum absolute atomic E-state index is 0.422. The van der Waals surface area contributed by atoms with E-state index >= 15 is 0 Å². The van der Waals surface area contributed by atoms with Gasteiger partial charge in [0.05, 0.1) is 26.3 Å². The van der Waals surface area contributed by atoms with Crippen LogP contribution in [0.3, 0.4) is 0 Å². The highest BCUT2D eigenvalue weighted by Gasteiger charge is 2.20. The van der Waals surface area contributed by atoms with E-state index < -0.39 is 6.09 Å². The van der Waals surface area contributed by atoms with Crippen LogP contribution in [-0.2, 0) is 4.74 Å². The number of amides is 1. The average Bonchev–Trinajstić information content (AvgIpc) is 2.75. The molecule has 168 valence electrons. The number of nitrogens with zero attached hydrogens (tertiary/aromatic N) is 1. The number of methoxy groups -OCH3 is 2. The van der Waals surface area contributed by atoms with Crippen LogP contribution in [0.4, 0.5) is 10.5 Å². The summed E-state index contributed by atoms with van der Waals surface area (Å²) < 4.78 is 22.4. The largest absolute Gasteiger partial charge is 0.493 e. The van der Waals surface area contributed by atoms with Gasteiger partial charge in [0.15, 0.2) is 11.5 Å². The van der Waals surface area contributed by atoms with Crippen molar-refractivity contribution in [2.75, 3.05) is 26.1 Å². The van der Waals surface area contributed by atoms with Crippen LogP contribution >= 0.6 is 0 Å². The predicted octanol–water partition coefficient (Wildman–Crippen LogP) is 6.01. The Labute approximate surface area is 187 Å². The fourth-order valence-electron chi connectivity index (χ4n) is 3.69. The first-order chi connectivity index (χ1) is 15.5. The third-order valence-electron chi connectivity index (χ3n) is 5.86. The summed E-state index contributed by atoms with van der Waals surface area (Å²) in [5.41, 5.74) is 3.21. The van der Waals surface area contributed by atoms with E-state index in [9.17, 15) is 4.79 Å². The molecule has 32 heavy (non-hydrogen) atoms. The molecule has 1 heterocycles. The molecule has 1 amide bonds. The van der Waals surface area contributed by atoms with Crippen molar-refractivity contribution in [2.45, 2.75) is 33.1 Å². The summed E-state index contributed by atoms with van der Waals surface area (Å²) in [6.07, 6.45) is 4.77. The van der Waals surface area contributed by atoms with E-state index in [0.717, 1.165) is 34.9 Å². The average molecular weight is 437 g/mol. The summed E-state index contributed by atoms with van der Waals surface area (Å²) in [6.45, 7) is 4.34. The summed E-state index contributed by atoms with van der Waals surface area (Å²) in [7, 11) is 3.19. The number of rotatable bonds is 7. The maximum absolute atomic E-state index is 12.2. The number of carbonyl (C=O) groups is 1. The molecular weight excluding hydrogens is 408 g/mol. The van der Waals surface area contributed by atoms with E-state index in [1.807, 2.05) is 44.2 Å². The lowest BCUT2D eigenvalue weighted by atomic mass is 9.86. The summed E-state index contributed by atoms with van der Waals surface area (Å²) in [6, 6.07) is 9.28. The SMILES string of the molecule is COc1cc2nccc(Oc3cc(C)c(NC(=O)OCC4CCC4)cc3C)c2cc1OC. The highest BCUT2D eigenvalue weighted by Crippen LogP contribution is 2.38. The number of nitrogens with one attached hydrogen (secondary N) is 1. The van der Waals surface area contributed by atoms with Gasteiger partial charge in [-0.15, -0.1) is 0 Å². The monoisotopic (exact) mass is 436 g/mol. The number of pyridine rings is 1. The molecule has 0 radical (unpaired) electrons. The Bertz CT molecular complexity index is 1140. The Balaban J connectivity index is 1.55. The van der Waals surface area contributed by atoms with E-state index in [4.69, 9.17) is 18.9 Å². The number of ether oxygens (including phenoxy) is 4. The van der Waals surface area contributed by atoms with E-state index in [2.05, 4.69) is 10.3 Å². The summed E-state index contributed by atoms with van der Waals surface area (Å²) in [4.78, 5) is 16.6. The molecule has 1 aliphatic carbocycles. The van der Waals surface area contributed by atoms with Crippen LogP contribution in [0.1, 0.15) is 30.4 Å². The molecule has 1 N–H and O–H groups in total. The smallest absolute Gasteiger partial charge is 0.411 e. The first kappa shape index (κ1) is 21.7. The summed E-state index contributed by atoms with van der Waals surface area (Å²) >= 11 is 0. The molecule has 0 bridgehead atoms. The zero-order valence-electron chi connectivity index (χ0n) is 18.9. The zero-order chi connectivity index (χ0) is 22.7. The second-order valence-electron chi connectivity index (χ2n) is 8.09. The highest BCUT2D eigenvalue weighted by atomic mass is 16.5. The van der Waals surface area contributed by atoms with Gasteiger partial charge >= 0.3 is 6.09 Å². The third-order valence-corrected chi connectivity index (χ3v) is 5.86. The van der Waals surface area contributed by atoms with Gasteiger partial charge in [-0.2, -0.15) is 0 Å². The standard InChI is InChI=1S/C25H28N2O5/c1-15-11-22(16(2)10-19(15)27-25(28)31-14-17-6-5-7-17)32-21-8-9-26-20-13-24(30-4)23(29-3)12-18(20)21/h8-13,17H,5-7,14H2,1-4H3,(H,27,28). The van der Waals surface area contributed by atoms with Crippen LogP contribution < -0.4 is 19.5 Å². The van der Waals surface area contributed by atoms with Crippen LogP contribution in [-0.4, -0.2) is 31.9 Å². The van der Waals surface area contributed by atoms with Gasteiger partial charge in [-0.3, -0.25) is 10.3 Å². The van der Waals surface area contributed by atoms with Gasteiger partial charge < -0.3 is 18.9 Å². The fraction of sp³-hybridized carbons (Fsp3) is 0.360. The van der Waals surface area contributed by atoms with Crippen LogP contribution in [0, 0.1) is 19.8 Å². The molecule has 7 nitrogen and oxygen atoms in total. The molecule has 0 unspecified atom stereocenters. The maximum Gasteiger partial charge on any atom is 0.411 e. The molecule has 0 spiro atoms. The van der Waals surface area contributed by atoms with Crippen molar-refractivity contribution >= 4 is 22.7 Å².